The van der Waals surface area contributed by atoms with Crippen LogP contribution in [0.3, 0.4) is 0 Å². The number of hydrazone groups is 1. The van der Waals surface area contributed by atoms with Crippen LogP contribution in [0.5, 0.6) is 0 Å². The van der Waals surface area contributed by atoms with Gasteiger partial charge in [-0.2, -0.15) is 15.6 Å². The van der Waals surface area contributed by atoms with Crippen LogP contribution >= 0.6 is 0 Å². The Labute approximate surface area is 88.5 Å². The van der Waals surface area contributed by atoms with Crippen molar-refractivity contribution in [3.05, 3.63) is 29.3 Å². The molecule has 0 fully saturated rings. The fourth-order valence-corrected chi connectivity index (χ4v) is 1.23. The average molecular weight is 198 g/mol. The number of rotatable bonds is 2. The second-order valence-electron chi connectivity index (χ2n) is 3.17. The van der Waals surface area contributed by atoms with Gasteiger partial charge in [0.2, 0.25) is 5.71 Å². The third-order valence-electron chi connectivity index (χ3n) is 1.73. The van der Waals surface area contributed by atoms with Crippen LogP contribution in [-0.2, 0) is 0 Å². The maximum Gasteiger partial charge on any atom is 0.237 e. The highest BCUT2D eigenvalue weighted by molar-refractivity contribution is 6.10. The molecule has 0 saturated carbocycles. The summed E-state index contributed by atoms with van der Waals surface area (Å²) in [6.45, 7) is 3.94. The van der Waals surface area contributed by atoms with Crippen LogP contribution in [0.4, 0.5) is 5.69 Å². The minimum absolute atomic E-state index is 0.186. The van der Waals surface area contributed by atoms with Crippen molar-refractivity contribution in [2.24, 2.45) is 5.10 Å². The van der Waals surface area contributed by atoms with Crippen LogP contribution in [0.15, 0.2) is 23.3 Å². The molecule has 0 unspecified atom stereocenters. The molecule has 0 aromatic heterocycles. The maximum absolute atomic E-state index is 8.47. The second kappa shape index (κ2) is 4.78. The van der Waals surface area contributed by atoms with Crippen molar-refractivity contribution in [3.8, 4) is 12.1 Å². The molecule has 4 nitrogen and oxygen atoms in total. The van der Waals surface area contributed by atoms with Gasteiger partial charge in [0.25, 0.3) is 0 Å². The lowest BCUT2D eigenvalue weighted by Gasteiger charge is -2.03. The number of nitriles is 2. The highest BCUT2D eigenvalue weighted by Crippen LogP contribution is 2.13. The summed E-state index contributed by atoms with van der Waals surface area (Å²) in [5.74, 6) is 0. The van der Waals surface area contributed by atoms with Gasteiger partial charge in [-0.3, -0.25) is 5.43 Å². The Kier molecular flexibility index (Phi) is 3.43. The van der Waals surface area contributed by atoms with Gasteiger partial charge in [0.05, 0.1) is 5.69 Å². The van der Waals surface area contributed by atoms with E-state index in [1.54, 1.807) is 12.1 Å². The van der Waals surface area contributed by atoms with Crippen LogP contribution in [-0.4, -0.2) is 5.71 Å². The lowest BCUT2D eigenvalue weighted by atomic mass is 10.1. The van der Waals surface area contributed by atoms with Gasteiger partial charge in [-0.1, -0.05) is 6.07 Å². The summed E-state index contributed by atoms with van der Waals surface area (Å²) in [5.41, 5.74) is 5.46. The molecular weight excluding hydrogens is 188 g/mol. The fraction of sp³-hybridized carbons (Fsp3) is 0.182. The first-order chi connectivity index (χ1) is 7.15. The SMILES string of the molecule is Cc1cc(C)cc(NN=C(C#N)C#N)c1. The second-order valence-corrected chi connectivity index (χ2v) is 3.17. The molecule has 0 bridgehead atoms. The Balaban J connectivity index is 2.88. The minimum Gasteiger partial charge on any atom is -0.276 e. The van der Waals surface area contributed by atoms with Crippen molar-refractivity contribution in [3.63, 3.8) is 0 Å². The first kappa shape index (κ1) is 10.7. The van der Waals surface area contributed by atoms with Gasteiger partial charge in [0.1, 0.15) is 12.1 Å². The van der Waals surface area contributed by atoms with Crippen molar-refractivity contribution >= 4 is 11.4 Å². The lowest BCUT2D eigenvalue weighted by Crippen LogP contribution is -1.96. The first-order valence-electron chi connectivity index (χ1n) is 4.38. The Morgan fingerprint density at radius 3 is 2.13 bits per heavy atom. The molecule has 0 amide bonds. The molecule has 74 valence electrons. The fourth-order valence-electron chi connectivity index (χ4n) is 1.23. The molecule has 0 heterocycles. The monoisotopic (exact) mass is 198 g/mol. The number of hydrogen-bond acceptors (Lipinski definition) is 4. The molecule has 0 spiro atoms. The quantitative estimate of drug-likeness (QED) is 0.584. The molecule has 1 aromatic carbocycles. The number of aryl methyl sites for hydroxylation is 2. The van der Waals surface area contributed by atoms with Crippen molar-refractivity contribution in [2.45, 2.75) is 13.8 Å². The highest BCUT2D eigenvalue weighted by atomic mass is 15.3. The van der Waals surface area contributed by atoms with Crippen LogP contribution in [0, 0.1) is 36.5 Å². The lowest BCUT2D eigenvalue weighted by molar-refractivity contribution is 1.30. The summed E-state index contributed by atoms with van der Waals surface area (Å²) in [6, 6.07) is 9.17. The predicted molar refractivity (Wildman–Crippen MR) is 58.2 cm³/mol. The third-order valence-corrected chi connectivity index (χ3v) is 1.73. The molecule has 4 heteroatoms. The zero-order valence-corrected chi connectivity index (χ0v) is 8.57. The topological polar surface area (TPSA) is 72.0 Å². The van der Waals surface area contributed by atoms with Crippen molar-refractivity contribution in [1.82, 2.24) is 0 Å². The van der Waals surface area contributed by atoms with E-state index in [0.29, 0.717) is 0 Å². The molecule has 1 aromatic rings. The Bertz CT molecular complexity index is 438. The van der Waals surface area contributed by atoms with Crippen LogP contribution < -0.4 is 5.43 Å². The number of hydrogen-bond donors (Lipinski definition) is 1. The van der Waals surface area contributed by atoms with Gasteiger partial charge in [-0.15, -0.1) is 0 Å². The van der Waals surface area contributed by atoms with Gasteiger partial charge in [-0.25, -0.2) is 0 Å². The molecule has 0 aliphatic carbocycles. The number of nitrogens with zero attached hydrogens (tertiary/aromatic N) is 3. The number of benzene rings is 1. The summed E-state index contributed by atoms with van der Waals surface area (Å²) in [5, 5.41) is 20.6. The van der Waals surface area contributed by atoms with Crippen LogP contribution in [0.1, 0.15) is 11.1 Å². The van der Waals surface area contributed by atoms with E-state index < -0.39 is 0 Å². The predicted octanol–water partition coefficient (Wildman–Crippen LogP) is 2.12. The Hall–Kier alpha value is -2.33. The molecule has 0 atom stereocenters. The largest absolute Gasteiger partial charge is 0.276 e. The summed E-state index contributed by atoms with van der Waals surface area (Å²) >= 11 is 0. The van der Waals surface area contributed by atoms with Crippen LogP contribution in [0.25, 0.3) is 0 Å². The standard InChI is InChI=1S/C11H10N4/c1-8-3-9(2)5-10(4-8)14-15-11(6-12)7-13/h3-5,14H,1-2H3. The van der Waals surface area contributed by atoms with E-state index >= 15 is 0 Å². The summed E-state index contributed by atoms with van der Waals surface area (Å²) < 4.78 is 0. The highest BCUT2D eigenvalue weighted by Gasteiger charge is 1.96. The molecule has 1 N–H and O–H groups in total. The van der Waals surface area contributed by atoms with E-state index in [1.165, 1.54) is 0 Å². The van der Waals surface area contributed by atoms with E-state index in [2.05, 4.69) is 10.5 Å². The summed E-state index contributed by atoms with van der Waals surface area (Å²) in [4.78, 5) is 0. The van der Waals surface area contributed by atoms with E-state index in [9.17, 15) is 0 Å². The van der Waals surface area contributed by atoms with E-state index in [1.807, 2.05) is 32.0 Å². The Morgan fingerprint density at radius 1 is 1.13 bits per heavy atom. The van der Waals surface area contributed by atoms with E-state index in [4.69, 9.17) is 10.5 Å². The molecule has 0 radical (unpaired) electrons. The van der Waals surface area contributed by atoms with E-state index in [-0.39, 0.29) is 5.71 Å². The summed E-state index contributed by atoms with van der Waals surface area (Å²) in [7, 11) is 0. The summed E-state index contributed by atoms with van der Waals surface area (Å²) in [6.07, 6.45) is 0. The van der Waals surface area contributed by atoms with Gasteiger partial charge in [0, 0.05) is 0 Å². The van der Waals surface area contributed by atoms with Gasteiger partial charge in [-0.05, 0) is 37.1 Å². The van der Waals surface area contributed by atoms with Crippen molar-refractivity contribution < 1.29 is 0 Å². The Morgan fingerprint density at radius 2 is 1.67 bits per heavy atom. The van der Waals surface area contributed by atoms with E-state index in [0.717, 1.165) is 16.8 Å². The zero-order chi connectivity index (χ0) is 11.3. The van der Waals surface area contributed by atoms with Gasteiger partial charge >= 0.3 is 0 Å². The molecule has 0 saturated heterocycles. The normalized spacial score (nSPS) is 8.53. The molecule has 1 rings (SSSR count). The first-order valence-corrected chi connectivity index (χ1v) is 4.38. The molecule has 0 aliphatic rings. The molecule has 0 aliphatic heterocycles. The smallest absolute Gasteiger partial charge is 0.237 e. The average Bonchev–Trinajstić information content (AvgIpc) is 2.18. The van der Waals surface area contributed by atoms with Crippen LogP contribution in [0.2, 0.25) is 0 Å². The molecule has 15 heavy (non-hydrogen) atoms. The van der Waals surface area contributed by atoms with Crippen molar-refractivity contribution in [1.29, 1.82) is 10.5 Å². The van der Waals surface area contributed by atoms with Gasteiger partial charge < -0.3 is 0 Å². The zero-order valence-electron chi connectivity index (χ0n) is 8.57. The minimum atomic E-state index is -0.186. The van der Waals surface area contributed by atoms with Crippen molar-refractivity contribution in [2.75, 3.05) is 5.43 Å². The number of nitrogens with one attached hydrogen (secondary N) is 1. The van der Waals surface area contributed by atoms with Gasteiger partial charge in [0.15, 0.2) is 0 Å². The number of anilines is 1. The molecular formula is C11H10N4. The third kappa shape index (κ3) is 3.13. The maximum atomic E-state index is 8.47.